The smallest absolute Gasteiger partial charge is 0.397 e. The summed E-state index contributed by atoms with van der Waals surface area (Å²) < 4.78 is 68.1. The van der Waals surface area contributed by atoms with Gasteiger partial charge in [-0.2, -0.15) is 23.7 Å². The van der Waals surface area contributed by atoms with Gasteiger partial charge in [0.25, 0.3) is 0 Å². The molecule has 10 nitrogen and oxygen atoms in total. The zero-order chi connectivity index (χ0) is 26.3. The number of benzene rings is 2. The molecule has 14 heteroatoms. The van der Waals surface area contributed by atoms with E-state index in [9.17, 15) is 26.9 Å². The van der Waals surface area contributed by atoms with Crippen LogP contribution in [-0.2, 0) is 16.0 Å². The number of aromatic nitrogens is 1. The first-order chi connectivity index (χ1) is 17.0. The first-order valence-electron chi connectivity index (χ1n) is 9.99. The third-order valence-corrected chi connectivity index (χ3v) is 7.18. The summed E-state index contributed by atoms with van der Waals surface area (Å²) in [6.07, 6.45) is -3.21. The molecule has 0 saturated heterocycles. The lowest BCUT2D eigenvalue weighted by atomic mass is 9.94. The number of nitriles is 2. The molecule has 0 spiro atoms. The number of rotatable bonds is 3. The fourth-order valence-electron chi connectivity index (χ4n) is 3.72. The van der Waals surface area contributed by atoms with E-state index in [0.717, 1.165) is 6.07 Å². The highest BCUT2D eigenvalue weighted by Crippen LogP contribution is 2.44. The number of nitrogens with one attached hydrogen (secondary N) is 2. The minimum atomic E-state index is -4.82. The number of guanidine groups is 1. The van der Waals surface area contributed by atoms with E-state index in [2.05, 4.69) is 20.6 Å². The predicted octanol–water partition coefficient (Wildman–Crippen LogP) is 2.91. The molecule has 1 aliphatic heterocycles. The van der Waals surface area contributed by atoms with Gasteiger partial charge in [0.2, 0.25) is 15.8 Å². The summed E-state index contributed by atoms with van der Waals surface area (Å²) in [7, 11) is -4.34. The van der Waals surface area contributed by atoms with Crippen molar-refractivity contribution in [3.05, 3.63) is 70.8 Å². The number of sulfone groups is 1. The highest BCUT2D eigenvalue weighted by atomic mass is 32.2. The highest BCUT2D eigenvalue weighted by Gasteiger charge is 2.37. The fraction of sp³-hybridized carbons (Fsp3) is 0.0909. The minimum Gasteiger partial charge on any atom is -0.397 e. The van der Waals surface area contributed by atoms with Crippen molar-refractivity contribution in [2.24, 2.45) is 4.99 Å². The molecule has 0 amide bonds. The largest absolute Gasteiger partial charge is 0.416 e. The lowest BCUT2D eigenvalue weighted by molar-refractivity contribution is -0.137. The first-order valence-corrected chi connectivity index (χ1v) is 11.5. The van der Waals surface area contributed by atoms with Gasteiger partial charge in [-0.05, 0) is 30.3 Å². The van der Waals surface area contributed by atoms with Crippen molar-refractivity contribution < 1.29 is 21.6 Å². The molecule has 0 aliphatic carbocycles. The van der Waals surface area contributed by atoms with Gasteiger partial charge < -0.3 is 16.8 Å². The van der Waals surface area contributed by atoms with Gasteiger partial charge in [-0.25, -0.2) is 18.4 Å². The maximum Gasteiger partial charge on any atom is 0.416 e. The molecule has 1 aliphatic rings. The van der Waals surface area contributed by atoms with Crippen molar-refractivity contribution in [1.82, 2.24) is 10.3 Å². The Morgan fingerprint density at radius 3 is 2.39 bits per heavy atom. The van der Waals surface area contributed by atoms with Crippen LogP contribution in [-0.4, -0.2) is 19.4 Å². The van der Waals surface area contributed by atoms with E-state index in [0.29, 0.717) is 12.1 Å². The molecule has 6 N–H and O–H groups in total. The molecule has 182 valence electrons. The van der Waals surface area contributed by atoms with Gasteiger partial charge in [0.05, 0.1) is 21.0 Å². The molecular formula is C22H15F3N8O2S. The number of fused-ring (bicyclic) bond motifs is 1. The molecule has 0 radical (unpaired) electrons. The Hall–Kier alpha value is -4.82. The summed E-state index contributed by atoms with van der Waals surface area (Å²) in [6.45, 7) is 0. The van der Waals surface area contributed by atoms with Gasteiger partial charge >= 0.3 is 6.18 Å². The molecule has 0 saturated carbocycles. The van der Waals surface area contributed by atoms with Gasteiger partial charge in [0.1, 0.15) is 29.3 Å². The van der Waals surface area contributed by atoms with E-state index in [-0.39, 0.29) is 39.3 Å². The Labute approximate surface area is 202 Å². The molecule has 2 aromatic carbocycles. The van der Waals surface area contributed by atoms with Crippen LogP contribution in [0.4, 0.5) is 30.5 Å². The summed E-state index contributed by atoms with van der Waals surface area (Å²) in [6, 6.07) is 9.49. The number of hydrogen-bond acceptors (Lipinski definition) is 10. The van der Waals surface area contributed by atoms with Crippen LogP contribution in [0.5, 0.6) is 0 Å². The number of pyridine rings is 1. The molecule has 0 bridgehead atoms. The van der Waals surface area contributed by atoms with Crippen LogP contribution in [0.25, 0.3) is 0 Å². The van der Waals surface area contributed by atoms with E-state index in [1.54, 1.807) is 18.3 Å². The van der Waals surface area contributed by atoms with Gasteiger partial charge in [0.15, 0.2) is 6.19 Å². The normalized spacial score (nSPS) is 15.0. The van der Waals surface area contributed by atoms with Crippen LogP contribution in [0.1, 0.15) is 28.3 Å². The number of halogens is 3. The Balaban J connectivity index is 2.09. The molecule has 2 heterocycles. The average Bonchev–Trinajstić information content (AvgIpc) is 2.83. The lowest BCUT2D eigenvalue weighted by Crippen LogP contribution is -2.33. The third kappa shape index (κ3) is 4.10. The molecule has 0 fully saturated rings. The van der Waals surface area contributed by atoms with Crippen molar-refractivity contribution in [3.63, 3.8) is 0 Å². The van der Waals surface area contributed by atoms with Crippen molar-refractivity contribution in [3.8, 4) is 12.3 Å². The van der Waals surface area contributed by atoms with Gasteiger partial charge in [-0.15, -0.1) is 0 Å². The Morgan fingerprint density at radius 1 is 1.08 bits per heavy atom. The topological polar surface area (TPSA) is 183 Å². The zero-order valence-corrected chi connectivity index (χ0v) is 18.8. The Morgan fingerprint density at radius 2 is 1.78 bits per heavy atom. The molecule has 36 heavy (non-hydrogen) atoms. The molecule has 3 aromatic rings. The average molecular weight is 512 g/mol. The summed E-state index contributed by atoms with van der Waals surface area (Å²) >= 11 is 0. The van der Waals surface area contributed by atoms with E-state index >= 15 is 0 Å². The van der Waals surface area contributed by atoms with Crippen molar-refractivity contribution in [2.75, 3.05) is 16.8 Å². The molecule has 1 atom stereocenters. The number of nitrogen functional groups attached to an aromatic ring is 2. The maximum atomic E-state index is 13.7. The van der Waals surface area contributed by atoms with Gasteiger partial charge in [-0.3, -0.25) is 5.32 Å². The van der Waals surface area contributed by atoms with E-state index in [1.807, 2.05) is 0 Å². The van der Waals surface area contributed by atoms with Gasteiger partial charge in [-0.1, -0.05) is 18.2 Å². The quantitative estimate of drug-likeness (QED) is 0.303. The molecule has 1 unspecified atom stereocenters. The van der Waals surface area contributed by atoms with Crippen LogP contribution in [0.3, 0.4) is 0 Å². The second kappa shape index (κ2) is 8.75. The summed E-state index contributed by atoms with van der Waals surface area (Å²) in [5.41, 5.74) is 9.82. The lowest BCUT2D eigenvalue weighted by Gasteiger charge is -2.27. The Kier molecular flexibility index (Phi) is 5.91. The predicted molar refractivity (Wildman–Crippen MR) is 123 cm³/mol. The second-order valence-electron chi connectivity index (χ2n) is 7.47. The van der Waals surface area contributed by atoms with Crippen LogP contribution in [0.15, 0.2) is 63.3 Å². The first kappa shape index (κ1) is 24.3. The fourth-order valence-corrected chi connectivity index (χ4v) is 5.21. The summed E-state index contributed by atoms with van der Waals surface area (Å²) in [5, 5.41) is 23.4. The summed E-state index contributed by atoms with van der Waals surface area (Å²) in [4.78, 5) is 7.60. The highest BCUT2D eigenvalue weighted by molar-refractivity contribution is 7.91. The molecule has 4 rings (SSSR count). The van der Waals surface area contributed by atoms with E-state index in [1.165, 1.54) is 24.3 Å². The van der Waals surface area contributed by atoms with Crippen LogP contribution in [0.2, 0.25) is 0 Å². The van der Waals surface area contributed by atoms with Crippen molar-refractivity contribution >= 4 is 33.1 Å². The second-order valence-corrected chi connectivity index (χ2v) is 9.39. The summed E-state index contributed by atoms with van der Waals surface area (Å²) in [5.74, 6) is -0.631. The molecule has 1 aromatic heterocycles. The molecular weight excluding hydrogens is 497 g/mol. The third-order valence-electron chi connectivity index (χ3n) is 5.33. The van der Waals surface area contributed by atoms with Gasteiger partial charge in [0, 0.05) is 11.1 Å². The number of alkyl halides is 3. The Bertz CT molecular complexity index is 1590. The van der Waals surface area contributed by atoms with Crippen molar-refractivity contribution in [1.29, 1.82) is 10.5 Å². The van der Waals surface area contributed by atoms with E-state index in [4.69, 9.17) is 16.7 Å². The monoisotopic (exact) mass is 512 g/mol. The standard InChI is InChI=1S/C22H15F3N8O2S/c23-22(24,25)11-6-7-15(36(34,35)12-4-2-1-3-5-12)13(8-11)18-16-17(28)14(9-26)19(29)32-20(16)33-21(31-18)30-10-27/h1-8,18H,(H6,28,29,30,31,32,33). The van der Waals surface area contributed by atoms with Crippen LogP contribution >= 0.6 is 0 Å². The van der Waals surface area contributed by atoms with E-state index < -0.39 is 38.1 Å². The number of aliphatic imine (C=N–C) groups is 1. The number of anilines is 3. The minimum absolute atomic E-state index is 0.0759. The van der Waals surface area contributed by atoms with Crippen LogP contribution < -0.4 is 22.1 Å². The number of nitrogens with zero attached hydrogens (tertiary/aromatic N) is 4. The number of hydrogen-bond donors (Lipinski definition) is 4. The number of nitrogens with two attached hydrogens (primary N) is 2. The SMILES string of the molecule is N#CNC1=NC(c2cc(C(F)(F)F)ccc2S(=O)(=O)c2ccccc2)c2c(nc(N)c(C#N)c2N)N1. The van der Waals surface area contributed by atoms with Crippen molar-refractivity contribution in [2.45, 2.75) is 22.0 Å². The zero-order valence-electron chi connectivity index (χ0n) is 18.0. The maximum absolute atomic E-state index is 13.7. The van der Waals surface area contributed by atoms with Crippen LogP contribution in [0, 0.1) is 22.8 Å².